The lowest BCUT2D eigenvalue weighted by atomic mass is 9.87. The third-order valence-electron chi connectivity index (χ3n) is 7.23. The summed E-state index contributed by atoms with van der Waals surface area (Å²) < 4.78 is 83.0. The summed E-state index contributed by atoms with van der Waals surface area (Å²) >= 11 is 0. The number of piperidine rings is 1. The van der Waals surface area contributed by atoms with E-state index in [1.807, 2.05) is 0 Å². The van der Waals surface area contributed by atoms with Gasteiger partial charge in [-0.05, 0) is 24.3 Å². The van der Waals surface area contributed by atoms with Gasteiger partial charge in [-0.2, -0.15) is 0 Å². The van der Waals surface area contributed by atoms with Gasteiger partial charge in [0.05, 0.1) is 14.1 Å². The number of alkyl halides is 1. The number of carbonyl (C=O) groups is 1. The van der Waals surface area contributed by atoms with E-state index in [-0.39, 0.29) is 41.3 Å². The van der Waals surface area contributed by atoms with Crippen molar-refractivity contribution in [2.75, 3.05) is 14.1 Å². The topological polar surface area (TPSA) is 38.8 Å². The highest BCUT2D eigenvalue weighted by atomic mass is 79.9. The number of morpholine rings is 1. The number of halogens is 6. The van der Waals surface area contributed by atoms with E-state index in [1.54, 1.807) is 0 Å². The second kappa shape index (κ2) is 8.02. The van der Waals surface area contributed by atoms with Gasteiger partial charge in [0.2, 0.25) is 0 Å². The van der Waals surface area contributed by atoms with Crippen LogP contribution in [0.3, 0.4) is 0 Å². The molecule has 5 atom stereocenters. The van der Waals surface area contributed by atoms with E-state index < -0.39 is 52.1 Å². The van der Waals surface area contributed by atoms with E-state index in [1.165, 1.54) is 0 Å². The molecule has 5 rings (SSSR count). The number of carbonyl (C=O) groups excluding carboxylic acids is 1. The zero-order valence-electron chi connectivity index (χ0n) is 17.7. The van der Waals surface area contributed by atoms with Crippen molar-refractivity contribution < 1.29 is 57.7 Å². The van der Waals surface area contributed by atoms with Gasteiger partial charge >= 0.3 is 5.97 Å². The lowest BCUT2D eigenvalue weighted by Gasteiger charge is -2.45. The van der Waals surface area contributed by atoms with Crippen LogP contribution in [0.4, 0.5) is 22.0 Å². The maximum Gasteiger partial charge on any atom is 0.353 e. The average molecular weight is 534 g/mol. The van der Waals surface area contributed by atoms with Crippen molar-refractivity contribution in [3.8, 4) is 0 Å². The smallest absolute Gasteiger partial charge is 0.353 e. The molecule has 0 amide bonds. The van der Waals surface area contributed by atoms with Crippen LogP contribution >= 0.6 is 0 Å². The summed E-state index contributed by atoms with van der Waals surface area (Å²) in [7, 11) is 4.15. The molecule has 178 valence electrons. The molecule has 4 unspecified atom stereocenters. The predicted molar refractivity (Wildman–Crippen MR) is 102 cm³/mol. The largest absolute Gasteiger partial charge is 1.00 e. The van der Waals surface area contributed by atoms with Crippen LogP contribution in [0, 0.1) is 23.3 Å². The minimum absolute atomic E-state index is 0. The molecule has 10 heteroatoms. The molecule has 2 aromatic rings. The number of ether oxygens (including phenoxy) is 2. The first-order chi connectivity index (χ1) is 15.0. The van der Waals surface area contributed by atoms with E-state index in [4.69, 9.17) is 9.47 Å². The van der Waals surface area contributed by atoms with Crippen molar-refractivity contribution in [1.82, 2.24) is 0 Å². The molecule has 4 nitrogen and oxygen atoms in total. The first kappa shape index (κ1) is 24.1. The summed E-state index contributed by atoms with van der Waals surface area (Å²) in [5, 5.41) is 0. The molecule has 0 aromatic heterocycles. The van der Waals surface area contributed by atoms with Gasteiger partial charge in [0.25, 0.3) is 5.67 Å². The van der Waals surface area contributed by atoms with Crippen LogP contribution in [0.15, 0.2) is 36.4 Å². The van der Waals surface area contributed by atoms with Crippen molar-refractivity contribution in [1.29, 1.82) is 0 Å². The van der Waals surface area contributed by atoms with E-state index in [9.17, 15) is 22.4 Å². The molecular formula is C23H21BrF5NO3. The molecule has 2 bridgehead atoms. The predicted octanol–water partition coefficient (Wildman–Crippen LogP) is 0.760. The zero-order valence-corrected chi connectivity index (χ0v) is 19.3. The van der Waals surface area contributed by atoms with E-state index in [0.29, 0.717) is 37.1 Å². The molecule has 3 saturated heterocycles. The van der Waals surface area contributed by atoms with Gasteiger partial charge in [0.15, 0.2) is 23.3 Å². The Bertz CT molecular complexity index is 1040. The first-order valence-corrected chi connectivity index (χ1v) is 10.3. The molecule has 0 spiro atoms. The molecule has 33 heavy (non-hydrogen) atoms. The highest BCUT2D eigenvalue weighted by Gasteiger charge is 2.71. The summed E-state index contributed by atoms with van der Waals surface area (Å²) in [6, 6.07) is 4.30. The summed E-state index contributed by atoms with van der Waals surface area (Å²) in [6.45, 7) is 0. The molecule has 2 aromatic carbocycles. The van der Waals surface area contributed by atoms with Crippen molar-refractivity contribution >= 4 is 5.97 Å². The molecule has 0 radical (unpaired) electrons. The van der Waals surface area contributed by atoms with Crippen molar-refractivity contribution in [2.45, 2.75) is 48.9 Å². The fraction of sp³-hybridized carbons (Fsp3) is 0.435. The molecule has 3 fully saturated rings. The van der Waals surface area contributed by atoms with Crippen LogP contribution in [0.2, 0.25) is 0 Å². The summed E-state index contributed by atoms with van der Waals surface area (Å²) in [6.07, 6.45) is 0.424. The summed E-state index contributed by atoms with van der Waals surface area (Å²) in [4.78, 5) is 13.1. The normalized spacial score (nSPS) is 29.1. The molecule has 3 aliphatic heterocycles. The van der Waals surface area contributed by atoms with E-state index in [2.05, 4.69) is 14.1 Å². The van der Waals surface area contributed by atoms with Crippen LogP contribution in [0.5, 0.6) is 0 Å². The monoisotopic (exact) mass is 533 g/mol. The Labute approximate surface area is 197 Å². The Hall–Kier alpha value is -2.04. The van der Waals surface area contributed by atoms with Crippen LogP contribution in [-0.4, -0.2) is 54.9 Å². The molecule has 0 saturated carbocycles. The number of hydrogen-bond donors (Lipinski definition) is 0. The van der Waals surface area contributed by atoms with Gasteiger partial charge in [0, 0.05) is 24.0 Å². The lowest BCUT2D eigenvalue weighted by molar-refractivity contribution is -0.938. The van der Waals surface area contributed by atoms with Crippen molar-refractivity contribution in [2.24, 2.45) is 0 Å². The number of quaternary nitrogens is 1. The second-order valence-electron chi connectivity index (χ2n) is 9.24. The van der Waals surface area contributed by atoms with Crippen LogP contribution in [-0.2, 0) is 19.9 Å². The third-order valence-corrected chi connectivity index (χ3v) is 7.23. The Balaban J connectivity index is 0.00000259. The maximum atomic E-state index is 16.4. The number of fused-ring (bicyclic) bond motifs is 5. The molecule has 0 N–H and O–H groups in total. The number of benzene rings is 2. The van der Waals surface area contributed by atoms with E-state index in [0.717, 1.165) is 16.6 Å². The Morgan fingerprint density at radius 1 is 0.909 bits per heavy atom. The van der Waals surface area contributed by atoms with Crippen LogP contribution in [0.1, 0.15) is 24.0 Å². The number of nitrogens with zero attached hydrogens (tertiary/aromatic N) is 1. The first-order valence-electron chi connectivity index (χ1n) is 10.3. The number of epoxide rings is 1. The number of rotatable bonds is 4. The Morgan fingerprint density at radius 3 is 1.79 bits per heavy atom. The van der Waals surface area contributed by atoms with Gasteiger partial charge in [-0.15, -0.1) is 0 Å². The van der Waals surface area contributed by atoms with Gasteiger partial charge in [-0.25, -0.2) is 26.7 Å². The van der Waals surface area contributed by atoms with Crippen molar-refractivity contribution in [3.63, 3.8) is 0 Å². The standard InChI is InChI=1S/C23H21F5NO3.BrH/c1-29(2)18-9-13(10-19(29)21-20(18)32-21)31-22(30)23(28,11-3-5-14(24)16(26)7-11)12-4-6-15(25)17(27)8-12;/h3-8,13,18-21H,9-10H2,1-2H3;1H/q+1;/p-1/t13?,18?,19?,20-,21?;/m1./s1. The molecule has 3 aliphatic rings. The lowest BCUT2D eigenvalue weighted by Crippen LogP contribution is -3.00. The Kier molecular flexibility index (Phi) is 5.86. The number of hydrogen-bond acceptors (Lipinski definition) is 3. The highest BCUT2D eigenvalue weighted by Crippen LogP contribution is 2.52. The highest BCUT2D eigenvalue weighted by molar-refractivity contribution is 5.85. The minimum Gasteiger partial charge on any atom is -1.00 e. The van der Waals surface area contributed by atoms with Gasteiger partial charge in [0.1, 0.15) is 30.4 Å². The minimum atomic E-state index is -3.16. The third kappa shape index (κ3) is 3.66. The van der Waals surface area contributed by atoms with Crippen LogP contribution in [0.25, 0.3) is 0 Å². The molecular weight excluding hydrogens is 513 g/mol. The van der Waals surface area contributed by atoms with Crippen molar-refractivity contribution in [3.05, 3.63) is 70.8 Å². The SMILES string of the molecule is C[N+]1(C)C2CC(OC(=O)C(F)(c3ccc(F)c(F)c3)c3ccc(F)c(F)c3)CC1[C@H]1OC21.[Br-]. The quantitative estimate of drug-likeness (QED) is 0.252. The zero-order chi connectivity index (χ0) is 23.0. The summed E-state index contributed by atoms with van der Waals surface area (Å²) in [5.74, 6) is -6.63. The maximum absolute atomic E-state index is 16.4. The fourth-order valence-electron chi connectivity index (χ4n) is 5.36. The number of esters is 1. The number of likely N-dealkylation sites (N-methyl/N-ethyl adjacent to an activating group) is 1. The van der Waals surface area contributed by atoms with Gasteiger partial charge in [-0.3, -0.25) is 0 Å². The van der Waals surface area contributed by atoms with Gasteiger partial charge < -0.3 is 30.9 Å². The van der Waals surface area contributed by atoms with Crippen LogP contribution < -0.4 is 17.0 Å². The fourth-order valence-corrected chi connectivity index (χ4v) is 5.36. The van der Waals surface area contributed by atoms with Gasteiger partial charge in [-0.1, -0.05) is 12.1 Å². The molecule has 3 heterocycles. The van der Waals surface area contributed by atoms with E-state index >= 15 is 4.39 Å². The average Bonchev–Trinajstić information content (AvgIpc) is 3.50. The second-order valence-corrected chi connectivity index (χ2v) is 9.24. The summed E-state index contributed by atoms with van der Waals surface area (Å²) in [5.41, 5.74) is -4.31. The molecule has 0 aliphatic carbocycles. The Morgan fingerprint density at radius 2 is 1.36 bits per heavy atom.